The molecule has 4 heterocycles. The highest BCUT2D eigenvalue weighted by Crippen LogP contribution is 2.36. The van der Waals surface area contributed by atoms with Crippen molar-refractivity contribution < 1.29 is 0 Å². The van der Waals surface area contributed by atoms with Gasteiger partial charge < -0.3 is 19.7 Å². The second kappa shape index (κ2) is 6.88. The molecule has 28 heavy (non-hydrogen) atoms. The number of nitrogens with one attached hydrogen (secondary N) is 1. The lowest BCUT2D eigenvalue weighted by atomic mass is 10.0. The van der Waals surface area contributed by atoms with Crippen molar-refractivity contribution in [3.8, 4) is 0 Å². The molecule has 2 aliphatic rings. The molecular weight excluding hydrogens is 354 g/mol. The number of hydrogen-bond acceptors (Lipinski definition) is 8. The van der Waals surface area contributed by atoms with Gasteiger partial charge in [0, 0.05) is 45.3 Å². The third kappa shape index (κ3) is 3.10. The fraction of sp³-hybridized carbons (Fsp3) is 0.526. The molecule has 9 heteroatoms. The van der Waals surface area contributed by atoms with Gasteiger partial charge in [-0.25, -0.2) is 24.9 Å². The molecule has 1 aliphatic carbocycles. The summed E-state index contributed by atoms with van der Waals surface area (Å²) in [6.07, 6.45) is 9.64. The summed E-state index contributed by atoms with van der Waals surface area (Å²) in [5.41, 5.74) is 1.65. The van der Waals surface area contributed by atoms with Crippen LogP contribution in [0.2, 0.25) is 0 Å². The van der Waals surface area contributed by atoms with Gasteiger partial charge in [-0.05, 0) is 25.7 Å². The number of piperidine rings is 1. The Morgan fingerprint density at radius 1 is 0.893 bits per heavy atom. The van der Waals surface area contributed by atoms with E-state index in [0.29, 0.717) is 12.1 Å². The maximum Gasteiger partial charge on any atom is 0.182 e. The van der Waals surface area contributed by atoms with Gasteiger partial charge in [-0.1, -0.05) is 0 Å². The normalized spacial score (nSPS) is 17.9. The summed E-state index contributed by atoms with van der Waals surface area (Å²) >= 11 is 0. The van der Waals surface area contributed by atoms with Gasteiger partial charge in [0.1, 0.15) is 29.8 Å². The molecule has 3 aromatic rings. The fourth-order valence-corrected chi connectivity index (χ4v) is 4.10. The molecule has 0 bridgehead atoms. The number of H-pyrrole nitrogens is 1. The van der Waals surface area contributed by atoms with E-state index in [9.17, 15) is 0 Å². The molecule has 2 fully saturated rings. The molecule has 0 spiro atoms. The zero-order chi connectivity index (χ0) is 19.1. The van der Waals surface area contributed by atoms with E-state index in [1.807, 2.05) is 19.0 Å². The first-order valence-electron chi connectivity index (χ1n) is 9.87. The number of rotatable bonds is 5. The van der Waals surface area contributed by atoms with Gasteiger partial charge in [0.05, 0.1) is 6.33 Å². The van der Waals surface area contributed by atoms with Crippen LogP contribution in [0.4, 0.5) is 17.5 Å². The monoisotopic (exact) mass is 379 g/mol. The minimum Gasteiger partial charge on any atom is -0.363 e. The van der Waals surface area contributed by atoms with Crippen LogP contribution >= 0.6 is 0 Å². The Hall–Kier alpha value is -2.97. The molecular formula is C19H25N9. The van der Waals surface area contributed by atoms with Crippen molar-refractivity contribution in [2.24, 2.45) is 0 Å². The van der Waals surface area contributed by atoms with Crippen molar-refractivity contribution in [2.75, 3.05) is 41.9 Å². The first-order chi connectivity index (χ1) is 13.7. The van der Waals surface area contributed by atoms with E-state index in [1.54, 1.807) is 19.0 Å². The van der Waals surface area contributed by atoms with E-state index in [0.717, 1.165) is 54.5 Å². The third-order valence-corrected chi connectivity index (χ3v) is 5.66. The largest absolute Gasteiger partial charge is 0.363 e. The number of aromatic nitrogens is 6. The Bertz CT molecular complexity index is 957. The molecule has 0 amide bonds. The van der Waals surface area contributed by atoms with Gasteiger partial charge in [-0.2, -0.15) is 0 Å². The average molecular weight is 379 g/mol. The number of hydrogen-bond donors (Lipinski definition) is 1. The van der Waals surface area contributed by atoms with Gasteiger partial charge in [-0.3, -0.25) is 0 Å². The first kappa shape index (κ1) is 17.2. The summed E-state index contributed by atoms with van der Waals surface area (Å²) in [7, 11) is 4.04. The van der Waals surface area contributed by atoms with Gasteiger partial charge >= 0.3 is 0 Å². The number of fused-ring (bicyclic) bond motifs is 1. The zero-order valence-electron chi connectivity index (χ0n) is 16.3. The van der Waals surface area contributed by atoms with Gasteiger partial charge in [0.15, 0.2) is 11.5 Å². The van der Waals surface area contributed by atoms with Crippen molar-refractivity contribution in [3.63, 3.8) is 0 Å². The summed E-state index contributed by atoms with van der Waals surface area (Å²) in [5, 5.41) is 0. The van der Waals surface area contributed by atoms with E-state index in [1.165, 1.54) is 12.8 Å². The van der Waals surface area contributed by atoms with Crippen molar-refractivity contribution >= 4 is 28.6 Å². The summed E-state index contributed by atoms with van der Waals surface area (Å²) < 4.78 is 0. The molecule has 1 saturated carbocycles. The topological polar surface area (TPSA) is 90.0 Å². The number of aromatic amines is 1. The molecule has 146 valence electrons. The zero-order valence-corrected chi connectivity index (χ0v) is 16.3. The second-order valence-corrected chi connectivity index (χ2v) is 7.78. The maximum absolute atomic E-state index is 4.61. The van der Waals surface area contributed by atoms with Gasteiger partial charge in [-0.15, -0.1) is 0 Å². The van der Waals surface area contributed by atoms with Crippen molar-refractivity contribution in [3.05, 3.63) is 25.0 Å². The van der Waals surface area contributed by atoms with Crippen molar-refractivity contribution in [1.29, 1.82) is 0 Å². The van der Waals surface area contributed by atoms with E-state index < -0.39 is 0 Å². The molecule has 0 aromatic carbocycles. The molecule has 5 rings (SSSR count). The minimum absolute atomic E-state index is 0.493. The van der Waals surface area contributed by atoms with Crippen LogP contribution in [0.3, 0.4) is 0 Å². The Morgan fingerprint density at radius 2 is 1.61 bits per heavy atom. The molecule has 1 saturated heterocycles. The Kier molecular flexibility index (Phi) is 4.22. The standard InChI is InChI=1S/C19H25N9/c1-26(2)15-9-16(21-10-20-15)28(13-3-4-13)14-5-7-27(8-6-14)19-17-18(23-11-22-17)24-12-25-19/h9-14H,3-8H2,1-2H3,(H,22,23,24,25). The molecule has 3 aromatic heterocycles. The Labute approximate surface area is 163 Å². The number of imidazole rings is 1. The fourth-order valence-electron chi connectivity index (χ4n) is 4.10. The third-order valence-electron chi connectivity index (χ3n) is 5.66. The second-order valence-electron chi connectivity index (χ2n) is 7.78. The van der Waals surface area contributed by atoms with Crippen LogP contribution in [-0.2, 0) is 0 Å². The molecule has 9 nitrogen and oxygen atoms in total. The van der Waals surface area contributed by atoms with Crippen LogP contribution in [-0.4, -0.2) is 69.2 Å². The molecule has 1 N–H and O–H groups in total. The lowest BCUT2D eigenvalue weighted by Gasteiger charge is -2.40. The molecule has 0 unspecified atom stereocenters. The van der Waals surface area contributed by atoms with Crippen molar-refractivity contribution in [2.45, 2.75) is 37.8 Å². The highest BCUT2D eigenvalue weighted by molar-refractivity contribution is 5.82. The highest BCUT2D eigenvalue weighted by atomic mass is 15.3. The van der Waals surface area contributed by atoms with E-state index in [2.05, 4.69) is 45.8 Å². The predicted octanol–water partition coefficient (Wildman–Crippen LogP) is 1.85. The van der Waals surface area contributed by atoms with Crippen LogP contribution in [0.15, 0.2) is 25.0 Å². The predicted molar refractivity (Wildman–Crippen MR) is 109 cm³/mol. The van der Waals surface area contributed by atoms with Crippen LogP contribution in [0.1, 0.15) is 25.7 Å². The number of anilines is 3. The molecule has 0 radical (unpaired) electrons. The minimum atomic E-state index is 0.493. The highest BCUT2D eigenvalue weighted by Gasteiger charge is 2.37. The molecule has 0 atom stereocenters. The Morgan fingerprint density at radius 3 is 2.36 bits per heavy atom. The van der Waals surface area contributed by atoms with Gasteiger partial charge in [0.2, 0.25) is 0 Å². The smallest absolute Gasteiger partial charge is 0.182 e. The van der Waals surface area contributed by atoms with Crippen LogP contribution in [0.5, 0.6) is 0 Å². The number of nitrogens with zero attached hydrogens (tertiary/aromatic N) is 8. The summed E-state index contributed by atoms with van der Waals surface area (Å²) in [6.45, 7) is 1.93. The summed E-state index contributed by atoms with van der Waals surface area (Å²) in [5.74, 6) is 2.96. The lowest BCUT2D eigenvalue weighted by molar-refractivity contribution is 0.458. The average Bonchev–Trinajstić information content (AvgIpc) is 3.43. The van der Waals surface area contributed by atoms with E-state index in [-0.39, 0.29) is 0 Å². The van der Waals surface area contributed by atoms with Crippen LogP contribution < -0.4 is 14.7 Å². The Balaban J connectivity index is 1.35. The molecule has 1 aliphatic heterocycles. The quantitative estimate of drug-likeness (QED) is 0.718. The van der Waals surface area contributed by atoms with Crippen LogP contribution in [0.25, 0.3) is 11.2 Å². The van der Waals surface area contributed by atoms with E-state index >= 15 is 0 Å². The maximum atomic E-state index is 4.61. The van der Waals surface area contributed by atoms with Crippen molar-refractivity contribution in [1.82, 2.24) is 29.9 Å². The lowest BCUT2D eigenvalue weighted by Crippen LogP contribution is -2.46. The SMILES string of the molecule is CN(C)c1cc(N(C2CC2)C2CCN(c3ncnc4nc[nH]c34)CC2)ncn1. The summed E-state index contributed by atoms with van der Waals surface area (Å²) in [6, 6.07) is 3.22. The van der Waals surface area contributed by atoms with E-state index in [4.69, 9.17) is 0 Å². The first-order valence-corrected chi connectivity index (χ1v) is 9.87. The summed E-state index contributed by atoms with van der Waals surface area (Å²) in [4.78, 5) is 32.1. The van der Waals surface area contributed by atoms with Crippen LogP contribution in [0, 0.1) is 0 Å². The van der Waals surface area contributed by atoms with Gasteiger partial charge in [0.25, 0.3) is 0 Å².